The summed E-state index contributed by atoms with van der Waals surface area (Å²) in [6.07, 6.45) is -10.1. The molecule has 3 aliphatic rings. The first-order chi connectivity index (χ1) is 57.0. The van der Waals surface area contributed by atoms with E-state index in [2.05, 4.69) is 63.8 Å². The van der Waals surface area contributed by atoms with Crippen LogP contribution in [0.1, 0.15) is 161 Å². The molecule has 1 fully saturated rings. The standard InChI is InChI=1S/C77H107N15O29/c1-32(2)22-45(71(112)86-44-25-56(120-36(6)61(44)102)121-52-27-77(118,53(99)31-96)26-41-58(52)65(106)60-59(63(41)104)62(103)40-12-11-14-51(119-8)57(40)64(60)105)88-75(116)49(29-94)90-68(109)35(5)83-74(115)48(28-93)92-70(111)43(19-20-54(79)100)85-72(113)46(23-38-15-17-39(98)18-16-38)89-76(117)50(30-95)91-67(108)34(4)82-69(110)42(13-9-10-21-78)84-73(114)47(24-55(80)101)87-66(107)33(3)81-37(7)97/h11-12,14-18,32-36,42-50,52,56,61,93-96,98,102,104,106,118H,9-10,13,19-31,78H2,1-8H3,(H2,79,100)(H2,80,101)(H,81,97)(H,82,110)(H,83,115)(H,84,114)(H,85,113)(H,86,112)(H,87,107)(H,88,116)(H,89,117)(H,90,109)(H,91,108)(H,92,111)/t33-,34-,35-,36-,42-,43-,44-,45-,46-,47-,48-,49-,50-,52-,56+,61+,77-/m0/s1. The Morgan fingerprint density at radius 2 is 1.04 bits per heavy atom. The van der Waals surface area contributed by atoms with Crippen LogP contribution >= 0.6 is 0 Å². The molecule has 2 aliphatic carbocycles. The number of hydrogen-bond acceptors (Lipinski definition) is 30. The lowest BCUT2D eigenvalue weighted by Crippen LogP contribution is -2.62. The topological polar surface area (TPSA) is 722 Å². The maximum absolute atomic E-state index is 14.4. The van der Waals surface area contributed by atoms with Gasteiger partial charge < -0.3 is 141 Å². The number of phenolic OH excluding ortho intramolecular Hbond substituents is 3. The first-order valence-electron chi connectivity index (χ1n) is 38.7. The number of carbonyl (C=O) groups is 17. The maximum Gasteiger partial charge on any atom is 0.245 e. The molecule has 0 saturated carbocycles. The van der Waals surface area contributed by atoms with Crippen molar-refractivity contribution in [3.05, 3.63) is 81.4 Å². The number of phenols is 3. The fraction of sp³-hybridized carbons (Fsp3) is 0.545. The van der Waals surface area contributed by atoms with E-state index >= 15 is 0 Å². The van der Waals surface area contributed by atoms with Gasteiger partial charge in [-0.25, -0.2) is 0 Å². The Kier molecular flexibility index (Phi) is 35.9. The number of carbonyl (C=O) groups excluding carboxylic acids is 17. The molecule has 1 aliphatic heterocycles. The predicted octanol–water partition coefficient (Wildman–Crippen LogP) is -8.19. The first-order valence-corrected chi connectivity index (χ1v) is 38.7. The normalized spacial score (nSPS) is 19.9. The van der Waals surface area contributed by atoms with Gasteiger partial charge in [0.05, 0.1) is 68.3 Å². The molecule has 0 unspecified atom stereocenters. The number of fused-ring (bicyclic) bond motifs is 3. The molecular weight excluding hydrogens is 1600 g/mol. The molecule has 27 N–H and O–H groups in total. The predicted molar refractivity (Wildman–Crippen MR) is 417 cm³/mol. The highest BCUT2D eigenvalue weighted by atomic mass is 16.7. The second kappa shape index (κ2) is 44.4. The van der Waals surface area contributed by atoms with Gasteiger partial charge in [-0.15, -0.1) is 0 Å². The second-order valence-corrected chi connectivity index (χ2v) is 30.0. The van der Waals surface area contributed by atoms with Crippen molar-refractivity contribution in [2.45, 2.75) is 222 Å². The van der Waals surface area contributed by atoms with Crippen molar-refractivity contribution in [3.63, 3.8) is 0 Å². The van der Waals surface area contributed by atoms with Gasteiger partial charge in [-0.2, -0.15) is 0 Å². The van der Waals surface area contributed by atoms with Gasteiger partial charge in [-0.1, -0.05) is 38.1 Å². The largest absolute Gasteiger partial charge is 0.508 e. The average Bonchev–Trinajstić information content (AvgIpc) is 0.709. The van der Waals surface area contributed by atoms with Crippen LogP contribution in [0.15, 0.2) is 42.5 Å². The monoisotopic (exact) mass is 1710 g/mol. The molecule has 17 atom stereocenters. The number of aliphatic hydroxyl groups excluding tert-OH is 5. The summed E-state index contributed by atoms with van der Waals surface area (Å²) in [6.45, 7) is 4.80. The van der Waals surface area contributed by atoms with E-state index in [0.717, 1.165) is 20.8 Å². The van der Waals surface area contributed by atoms with E-state index in [-0.39, 0.29) is 65.5 Å². The van der Waals surface area contributed by atoms with Crippen molar-refractivity contribution in [2.24, 2.45) is 23.1 Å². The van der Waals surface area contributed by atoms with Crippen LogP contribution in [0.5, 0.6) is 23.0 Å². The fourth-order valence-electron chi connectivity index (χ4n) is 13.6. The number of nitrogens with two attached hydrogens (primary N) is 3. The Bertz CT molecular complexity index is 4380. The van der Waals surface area contributed by atoms with Crippen molar-refractivity contribution in [1.82, 2.24) is 63.8 Å². The number of benzene rings is 3. The number of amides is 14. The van der Waals surface area contributed by atoms with E-state index < -0.39 is 302 Å². The van der Waals surface area contributed by atoms with E-state index in [1.54, 1.807) is 13.8 Å². The quantitative estimate of drug-likeness (QED) is 0.0144. The number of rotatable bonds is 44. The van der Waals surface area contributed by atoms with E-state index in [1.807, 2.05) is 0 Å². The van der Waals surface area contributed by atoms with Gasteiger partial charge >= 0.3 is 0 Å². The summed E-state index contributed by atoms with van der Waals surface area (Å²) in [6, 6.07) is -10.6. The number of aromatic hydroxyl groups is 3. The summed E-state index contributed by atoms with van der Waals surface area (Å²) in [5, 5.41) is 127. The molecule has 44 heteroatoms. The summed E-state index contributed by atoms with van der Waals surface area (Å²) in [5.41, 5.74) is 11.6. The SMILES string of the molecule is COc1cccc2c1C(=O)c1c(O)c3c(c(O)c1C2=O)C[C@@](O)(C(=O)CO)C[C@@H]3O[C@@H]1C[C@H](NC(=O)[C@H](CC(C)C)NC(=O)[C@H](CO)NC(=O)[C@H](C)NC(=O)[C@H](CO)NC(=O)[C@H](CCC(N)=O)NC(=O)[C@H](Cc2ccc(O)cc2)NC(=O)[C@H](CO)NC(=O)[C@H](C)NC(=O)[C@H](CCCCN)NC(=O)[C@H](CC(N)=O)NC(=O)[C@H](C)NC(C)=O)[C@H](O)[C@H](C)O1. The van der Waals surface area contributed by atoms with Gasteiger partial charge in [0.15, 0.2) is 17.9 Å². The Balaban J connectivity index is 1.11. The molecule has 1 heterocycles. The van der Waals surface area contributed by atoms with E-state index in [9.17, 15) is 127 Å². The number of ketones is 3. The van der Waals surface area contributed by atoms with Crippen LogP contribution in [-0.2, 0) is 94.2 Å². The molecule has 6 rings (SSSR count). The zero-order chi connectivity index (χ0) is 90.4. The van der Waals surface area contributed by atoms with Gasteiger partial charge in [0.1, 0.15) is 108 Å². The van der Waals surface area contributed by atoms with Crippen molar-refractivity contribution in [2.75, 3.05) is 40.1 Å². The lowest BCUT2D eigenvalue weighted by Gasteiger charge is -2.43. The third-order valence-corrected chi connectivity index (χ3v) is 20.1. The lowest BCUT2D eigenvalue weighted by molar-refractivity contribution is -0.249. The molecule has 3 aromatic carbocycles. The molecular formula is C77H107N15O29. The van der Waals surface area contributed by atoms with E-state index in [1.165, 1.54) is 63.4 Å². The Labute approximate surface area is 692 Å². The summed E-state index contributed by atoms with van der Waals surface area (Å²) in [4.78, 5) is 229. The number of nitrogens with one attached hydrogen (secondary N) is 12. The third-order valence-electron chi connectivity index (χ3n) is 20.1. The van der Waals surface area contributed by atoms with Crippen LogP contribution in [0.4, 0.5) is 0 Å². The molecule has 0 spiro atoms. The van der Waals surface area contributed by atoms with E-state index in [0.29, 0.717) is 6.42 Å². The highest BCUT2D eigenvalue weighted by Gasteiger charge is 2.51. The molecule has 44 nitrogen and oxygen atoms in total. The van der Waals surface area contributed by atoms with Crippen molar-refractivity contribution < 1.29 is 142 Å². The Hall–Kier alpha value is -11.9. The molecule has 0 bridgehead atoms. The van der Waals surface area contributed by atoms with Crippen LogP contribution in [0.25, 0.3) is 0 Å². The molecule has 0 radical (unpaired) electrons. The minimum absolute atomic E-state index is 0.0452. The van der Waals surface area contributed by atoms with Crippen LogP contribution in [0.3, 0.4) is 0 Å². The average molecular weight is 1710 g/mol. The number of unbranched alkanes of at least 4 members (excludes halogenated alkanes) is 1. The number of methoxy groups -OCH3 is 1. The van der Waals surface area contributed by atoms with Gasteiger partial charge in [0, 0.05) is 55.7 Å². The molecule has 0 aromatic heterocycles. The van der Waals surface area contributed by atoms with Gasteiger partial charge in [-0.3, -0.25) is 81.5 Å². The van der Waals surface area contributed by atoms with Crippen LogP contribution in [-0.4, -0.2) is 283 Å². The Morgan fingerprint density at radius 1 is 0.562 bits per heavy atom. The number of ether oxygens (including phenoxy) is 3. The van der Waals surface area contributed by atoms with Gasteiger partial charge in [0.2, 0.25) is 88.5 Å². The summed E-state index contributed by atoms with van der Waals surface area (Å²) in [7, 11) is 1.24. The smallest absolute Gasteiger partial charge is 0.245 e. The number of Topliss-reactive ketones (excluding diaryl/α,β-unsaturated/α-hetero) is 1. The van der Waals surface area contributed by atoms with Gasteiger partial charge in [0.25, 0.3) is 0 Å². The highest BCUT2D eigenvalue weighted by molar-refractivity contribution is 6.31. The minimum atomic E-state index is -2.54. The molecule has 664 valence electrons. The number of aliphatic hydroxyl groups is 6. The zero-order valence-electron chi connectivity index (χ0n) is 67.6. The zero-order valence-corrected chi connectivity index (χ0v) is 67.6. The maximum atomic E-state index is 14.4. The Morgan fingerprint density at radius 3 is 1.56 bits per heavy atom. The minimum Gasteiger partial charge on any atom is -0.508 e. The fourth-order valence-corrected chi connectivity index (χ4v) is 13.6. The summed E-state index contributed by atoms with van der Waals surface area (Å²) < 4.78 is 17.6. The van der Waals surface area contributed by atoms with Crippen LogP contribution in [0.2, 0.25) is 0 Å². The van der Waals surface area contributed by atoms with E-state index in [4.69, 9.17) is 31.4 Å². The second-order valence-electron chi connectivity index (χ2n) is 30.0. The molecule has 14 amide bonds. The molecule has 3 aromatic rings. The highest BCUT2D eigenvalue weighted by Crippen LogP contribution is 2.53. The number of primary amides is 2. The summed E-state index contributed by atoms with van der Waals surface area (Å²) in [5.74, 6) is -20.5. The third kappa shape index (κ3) is 26.1. The van der Waals surface area contributed by atoms with Crippen molar-refractivity contribution in [1.29, 1.82) is 0 Å². The van der Waals surface area contributed by atoms with Crippen molar-refractivity contribution in [3.8, 4) is 23.0 Å². The number of hydrogen-bond donors (Lipinski definition) is 24. The molecule has 1 saturated heterocycles. The van der Waals surface area contributed by atoms with Crippen molar-refractivity contribution >= 4 is 100 Å². The lowest BCUT2D eigenvalue weighted by atomic mass is 9.72. The van der Waals surface area contributed by atoms with Gasteiger partial charge in [-0.05, 0) is 96.0 Å². The van der Waals surface area contributed by atoms with Crippen LogP contribution in [0, 0.1) is 5.92 Å². The first kappa shape index (κ1) is 97.9. The van der Waals surface area contributed by atoms with Crippen LogP contribution < -0.4 is 85.7 Å². The molecule has 121 heavy (non-hydrogen) atoms. The summed E-state index contributed by atoms with van der Waals surface area (Å²) >= 11 is 0.